The summed E-state index contributed by atoms with van der Waals surface area (Å²) in [5.41, 5.74) is 7.96. The number of nitrogens with zero attached hydrogens (tertiary/aromatic N) is 3. The molecule has 0 aliphatic heterocycles. The summed E-state index contributed by atoms with van der Waals surface area (Å²) >= 11 is 1.13. The smallest absolute Gasteiger partial charge is 0.247 e. The summed E-state index contributed by atoms with van der Waals surface area (Å²) in [6, 6.07) is 6.12. The number of hydrazone groups is 1. The molecule has 98 valence electrons. The van der Waals surface area contributed by atoms with Gasteiger partial charge in [0.1, 0.15) is 10.8 Å². The minimum atomic E-state index is -0.405. The van der Waals surface area contributed by atoms with Gasteiger partial charge in [-0.05, 0) is 6.07 Å². The molecular weight excluding hydrogens is 269 g/mol. The van der Waals surface area contributed by atoms with Gasteiger partial charge in [-0.1, -0.05) is 29.5 Å². The van der Waals surface area contributed by atoms with E-state index in [-0.39, 0.29) is 12.3 Å². The van der Waals surface area contributed by atoms with Crippen LogP contribution in [0, 0.1) is 5.82 Å². The Balaban J connectivity index is 1.88. The maximum Gasteiger partial charge on any atom is 0.247 e. The quantitative estimate of drug-likeness (QED) is 0.643. The van der Waals surface area contributed by atoms with Gasteiger partial charge in [-0.2, -0.15) is 5.10 Å². The van der Waals surface area contributed by atoms with Crippen molar-refractivity contribution >= 4 is 28.6 Å². The average Bonchev–Trinajstić information content (AvgIpc) is 2.77. The SMILES string of the molecule is Nc1nnc(CC(=O)NN=Cc2ccccc2F)s1. The molecule has 0 unspecified atom stereocenters. The summed E-state index contributed by atoms with van der Waals surface area (Å²) in [6.07, 6.45) is 1.27. The normalized spacial score (nSPS) is 10.8. The Bertz CT molecular complexity index is 613. The molecule has 1 heterocycles. The number of amides is 1. The van der Waals surface area contributed by atoms with Crippen LogP contribution in [0.15, 0.2) is 29.4 Å². The van der Waals surface area contributed by atoms with Crippen molar-refractivity contribution in [2.75, 3.05) is 5.73 Å². The Hall–Kier alpha value is -2.35. The molecule has 0 fully saturated rings. The Labute approximate surface area is 112 Å². The highest BCUT2D eigenvalue weighted by Gasteiger charge is 2.07. The van der Waals surface area contributed by atoms with E-state index in [9.17, 15) is 9.18 Å². The fourth-order valence-electron chi connectivity index (χ4n) is 1.27. The number of anilines is 1. The van der Waals surface area contributed by atoms with Crippen LogP contribution in [0.25, 0.3) is 0 Å². The lowest BCUT2D eigenvalue weighted by molar-refractivity contribution is -0.120. The Morgan fingerprint density at radius 1 is 1.47 bits per heavy atom. The fraction of sp³-hybridized carbons (Fsp3) is 0.0909. The molecule has 1 aromatic carbocycles. The lowest BCUT2D eigenvalue weighted by atomic mass is 10.2. The lowest BCUT2D eigenvalue weighted by Crippen LogP contribution is -2.19. The van der Waals surface area contributed by atoms with E-state index in [0.717, 1.165) is 11.3 Å². The number of carbonyl (C=O) groups excluding carboxylic acids is 1. The Morgan fingerprint density at radius 3 is 2.95 bits per heavy atom. The van der Waals surface area contributed by atoms with Gasteiger partial charge in [0.05, 0.1) is 12.6 Å². The summed E-state index contributed by atoms with van der Waals surface area (Å²) in [5.74, 6) is -0.777. The molecule has 0 saturated heterocycles. The first-order valence-electron chi connectivity index (χ1n) is 5.29. The molecule has 0 saturated carbocycles. The first-order chi connectivity index (χ1) is 9.15. The van der Waals surface area contributed by atoms with Crippen molar-refractivity contribution in [1.82, 2.24) is 15.6 Å². The van der Waals surface area contributed by atoms with Crippen LogP contribution in [0.4, 0.5) is 9.52 Å². The highest BCUT2D eigenvalue weighted by Crippen LogP contribution is 2.11. The molecule has 1 aromatic heterocycles. The van der Waals surface area contributed by atoms with Crippen LogP contribution >= 0.6 is 11.3 Å². The van der Waals surface area contributed by atoms with E-state index in [4.69, 9.17) is 5.73 Å². The molecule has 2 rings (SSSR count). The monoisotopic (exact) mass is 279 g/mol. The van der Waals surface area contributed by atoms with Gasteiger partial charge in [-0.25, -0.2) is 9.82 Å². The standard InChI is InChI=1S/C11H10FN5OS/c12-8-4-2-1-3-7(8)6-14-15-9(18)5-10-16-17-11(13)19-10/h1-4,6H,5H2,(H2,13,17)(H,15,18). The van der Waals surface area contributed by atoms with Crippen LogP contribution in [0.5, 0.6) is 0 Å². The number of nitrogen functional groups attached to an aromatic ring is 1. The molecule has 0 bridgehead atoms. The van der Waals surface area contributed by atoms with Gasteiger partial charge in [0, 0.05) is 5.56 Å². The van der Waals surface area contributed by atoms with Crippen molar-refractivity contribution in [3.63, 3.8) is 0 Å². The minimum Gasteiger partial charge on any atom is -0.374 e. The highest BCUT2D eigenvalue weighted by molar-refractivity contribution is 7.15. The van der Waals surface area contributed by atoms with E-state index < -0.39 is 5.82 Å². The number of halogens is 1. The molecule has 8 heteroatoms. The summed E-state index contributed by atoms with van der Waals surface area (Å²) in [6.45, 7) is 0. The molecule has 6 nitrogen and oxygen atoms in total. The molecule has 3 N–H and O–H groups in total. The van der Waals surface area contributed by atoms with Crippen LogP contribution in [-0.4, -0.2) is 22.3 Å². The average molecular weight is 279 g/mol. The van der Waals surface area contributed by atoms with E-state index >= 15 is 0 Å². The third-order valence-electron chi connectivity index (χ3n) is 2.09. The zero-order valence-corrected chi connectivity index (χ0v) is 10.5. The number of carbonyl (C=O) groups is 1. The third kappa shape index (κ3) is 3.81. The number of aromatic nitrogens is 2. The zero-order valence-electron chi connectivity index (χ0n) is 9.71. The highest BCUT2D eigenvalue weighted by atomic mass is 32.1. The van der Waals surface area contributed by atoms with Gasteiger partial charge in [0.2, 0.25) is 11.0 Å². The molecule has 1 amide bonds. The fourth-order valence-corrected chi connectivity index (χ4v) is 1.88. The van der Waals surface area contributed by atoms with E-state index in [0.29, 0.717) is 15.7 Å². The number of nitrogens with two attached hydrogens (primary N) is 1. The summed E-state index contributed by atoms with van der Waals surface area (Å²) in [4.78, 5) is 11.5. The molecule has 0 radical (unpaired) electrons. The Kier molecular flexibility index (Phi) is 4.14. The molecule has 19 heavy (non-hydrogen) atoms. The number of hydrogen-bond acceptors (Lipinski definition) is 6. The molecule has 0 aliphatic rings. The molecule has 0 spiro atoms. The number of nitrogens with one attached hydrogen (secondary N) is 1. The van der Waals surface area contributed by atoms with Gasteiger partial charge in [-0.15, -0.1) is 10.2 Å². The second kappa shape index (κ2) is 6.01. The number of rotatable bonds is 4. The second-order valence-corrected chi connectivity index (χ2v) is 4.62. The van der Waals surface area contributed by atoms with Crippen LogP contribution in [0.2, 0.25) is 0 Å². The topological polar surface area (TPSA) is 93.3 Å². The van der Waals surface area contributed by atoms with Gasteiger partial charge in [0.25, 0.3) is 0 Å². The van der Waals surface area contributed by atoms with Crippen LogP contribution in [-0.2, 0) is 11.2 Å². The van der Waals surface area contributed by atoms with E-state index in [1.165, 1.54) is 12.3 Å². The largest absolute Gasteiger partial charge is 0.374 e. The summed E-state index contributed by atoms with van der Waals surface area (Å²) in [7, 11) is 0. The van der Waals surface area contributed by atoms with Crippen molar-refractivity contribution in [2.45, 2.75) is 6.42 Å². The van der Waals surface area contributed by atoms with Gasteiger partial charge in [0.15, 0.2) is 0 Å². The predicted octanol–water partition coefficient (Wildman–Crippen LogP) is 0.952. The maximum atomic E-state index is 13.2. The number of benzene rings is 1. The first-order valence-corrected chi connectivity index (χ1v) is 6.11. The van der Waals surface area contributed by atoms with Crippen molar-refractivity contribution in [3.8, 4) is 0 Å². The second-order valence-electron chi connectivity index (χ2n) is 3.53. The van der Waals surface area contributed by atoms with Crippen molar-refractivity contribution in [3.05, 3.63) is 40.7 Å². The van der Waals surface area contributed by atoms with Crippen LogP contribution < -0.4 is 11.2 Å². The van der Waals surface area contributed by atoms with Crippen LogP contribution in [0.1, 0.15) is 10.6 Å². The zero-order chi connectivity index (χ0) is 13.7. The molecule has 2 aromatic rings. The Morgan fingerprint density at radius 2 is 2.26 bits per heavy atom. The van der Waals surface area contributed by atoms with E-state index in [1.807, 2.05) is 0 Å². The van der Waals surface area contributed by atoms with Crippen molar-refractivity contribution < 1.29 is 9.18 Å². The molecule has 0 atom stereocenters. The van der Waals surface area contributed by atoms with Gasteiger partial charge >= 0.3 is 0 Å². The van der Waals surface area contributed by atoms with Crippen molar-refractivity contribution in [2.24, 2.45) is 5.10 Å². The van der Waals surface area contributed by atoms with E-state index in [2.05, 4.69) is 20.7 Å². The number of hydrogen-bond donors (Lipinski definition) is 2. The van der Waals surface area contributed by atoms with E-state index in [1.54, 1.807) is 18.2 Å². The minimum absolute atomic E-state index is 0.0312. The maximum absolute atomic E-state index is 13.2. The lowest BCUT2D eigenvalue weighted by Gasteiger charge is -1.97. The summed E-state index contributed by atoms with van der Waals surface area (Å²) in [5, 5.41) is 11.8. The summed E-state index contributed by atoms with van der Waals surface area (Å²) < 4.78 is 13.2. The molecule has 0 aliphatic carbocycles. The third-order valence-corrected chi connectivity index (χ3v) is 2.84. The van der Waals surface area contributed by atoms with Crippen molar-refractivity contribution in [1.29, 1.82) is 0 Å². The van der Waals surface area contributed by atoms with Crippen LogP contribution in [0.3, 0.4) is 0 Å². The van der Waals surface area contributed by atoms with Gasteiger partial charge in [-0.3, -0.25) is 4.79 Å². The van der Waals surface area contributed by atoms with Gasteiger partial charge < -0.3 is 5.73 Å². The molecular formula is C11H10FN5OS. The predicted molar refractivity (Wildman–Crippen MR) is 70.2 cm³/mol. The first kappa shape index (κ1) is 13.1.